The number of nitrogens with one attached hydrogen (secondary N) is 1. The molecule has 0 saturated heterocycles. The Hall–Kier alpha value is -2.81. The third-order valence-corrected chi connectivity index (χ3v) is 4.82. The molecule has 0 radical (unpaired) electrons. The Bertz CT molecular complexity index is 1010. The van der Waals surface area contributed by atoms with Crippen LogP contribution in [0, 0.1) is 11.6 Å². The first kappa shape index (κ1) is 20.9. The summed E-state index contributed by atoms with van der Waals surface area (Å²) in [5, 5.41) is 2.62. The van der Waals surface area contributed by atoms with Crippen LogP contribution < -0.4 is 24.6 Å². The molecule has 3 heterocycles. The van der Waals surface area contributed by atoms with Crippen LogP contribution >= 0.6 is 0 Å². The van der Waals surface area contributed by atoms with Gasteiger partial charge >= 0.3 is 6.03 Å². The molecule has 148 valence electrons. The van der Waals surface area contributed by atoms with Crippen molar-refractivity contribution in [1.82, 2.24) is 4.98 Å². The number of urea groups is 1. The van der Waals surface area contributed by atoms with Gasteiger partial charge in [-0.15, -0.1) is 0 Å². The standard InChI is InChI=1S/C18H16F2N4O4.Zn/c1-23-15-8(6-21-17-9(15)4-12(25)22-17)7-24(18(23)26)16-13(19)10(27-2)5-11(28-3)14(16)20;/h5-6H,4,7H2,1-3H3,(H,21,22,25);. The molecule has 8 nitrogen and oxygen atoms in total. The number of anilines is 3. The molecule has 3 amide bonds. The van der Waals surface area contributed by atoms with Crippen molar-refractivity contribution in [3.8, 4) is 11.5 Å². The average molecular weight is 456 g/mol. The number of hydrogen-bond donors (Lipinski definition) is 1. The Morgan fingerprint density at radius 1 is 1.10 bits per heavy atom. The number of amides is 3. The molecule has 4 rings (SSSR count). The Labute approximate surface area is 177 Å². The molecule has 0 saturated carbocycles. The molecule has 0 atom stereocenters. The zero-order chi connectivity index (χ0) is 20.2. The van der Waals surface area contributed by atoms with Crippen LogP contribution in [0.25, 0.3) is 0 Å². The number of nitrogens with zero attached hydrogens (tertiary/aromatic N) is 3. The van der Waals surface area contributed by atoms with Crippen molar-refractivity contribution in [3.63, 3.8) is 0 Å². The molecule has 1 aromatic carbocycles. The van der Waals surface area contributed by atoms with Crippen molar-refractivity contribution in [2.45, 2.75) is 13.0 Å². The second-order valence-electron chi connectivity index (χ2n) is 6.37. The second-order valence-corrected chi connectivity index (χ2v) is 6.37. The summed E-state index contributed by atoms with van der Waals surface area (Å²) in [6.45, 7) is -0.128. The molecule has 2 aliphatic rings. The van der Waals surface area contributed by atoms with Gasteiger partial charge in [0.05, 0.1) is 32.9 Å². The van der Waals surface area contributed by atoms with Gasteiger partial charge in [-0.05, 0) is 0 Å². The van der Waals surface area contributed by atoms with E-state index in [0.29, 0.717) is 22.6 Å². The fourth-order valence-electron chi connectivity index (χ4n) is 3.53. The molecule has 1 N–H and O–H groups in total. The molecule has 11 heteroatoms. The fraction of sp³-hybridized carbons (Fsp3) is 0.278. The number of carbonyl (C=O) groups is 2. The van der Waals surface area contributed by atoms with Gasteiger partial charge in [0, 0.05) is 49.9 Å². The van der Waals surface area contributed by atoms with Gasteiger partial charge in [-0.3, -0.25) is 14.6 Å². The largest absolute Gasteiger partial charge is 0.493 e. The van der Waals surface area contributed by atoms with Crippen molar-refractivity contribution in [3.05, 3.63) is 35.0 Å². The first-order valence-electron chi connectivity index (χ1n) is 8.33. The van der Waals surface area contributed by atoms with Gasteiger partial charge in [0.2, 0.25) is 5.91 Å². The van der Waals surface area contributed by atoms with E-state index in [2.05, 4.69) is 10.3 Å². The molecule has 0 unspecified atom stereocenters. The Kier molecular flexibility index (Phi) is 5.45. The van der Waals surface area contributed by atoms with Crippen LogP contribution in [-0.2, 0) is 37.2 Å². The van der Waals surface area contributed by atoms with Gasteiger partial charge in [0.25, 0.3) is 0 Å². The predicted octanol–water partition coefficient (Wildman–Crippen LogP) is 2.45. The number of rotatable bonds is 3. The maximum absolute atomic E-state index is 14.9. The normalized spacial score (nSPS) is 14.8. The van der Waals surface area contributed by atoms with E-state index in [-0.39, 0.29) is 49.8 Å². The fourth-order valence-corrected chi connectivity index (χ4v) is 3.53. The van der Waals surface area contributed by atoms with Crippen molar-refractivity contribution < 1.29 is 47.3 Å². The average Bonchev–Trinajstić information content (AvgIpc) is 3.05. The van der Waals surface area contributed by atoms with Crippen molar-refractivity contribution >= 4 is 29.1 Å². The van der Waals surface area contributed by atoms with Crippen LogP contribution in [0.1, 0.15) is 11.1 Å². The van der Waals surface area contributed by atoms with Crippen molar-refractivity contribution in [1.29, 1.82) is 0 Å². The summed E-state index contributed by atoms with van der Waals surface area (Å²) in [5.74, 6) is -2.38. The van der Waals surface area contributed by atoms with Gasteiger partial charge < -0.3 is 14.8 Å². The zero-order valence-electron chi connectivity index (χ0n) is 16.0. The third kappa shape index (κ3) is 3.09. The van der Waals surface area contributed by atoms with E-state index in [1.54, 1.807) is 0 Å². The molecule has 29 heavy (non-hydrogen) atoms. The number of benzene rings is 1. The topological polar surface area (TPSA) is 84.0 Å². The smallest absolute Gasteiger partial charge is 0.329 e. The van der Waals surface area contributed by atoms with Crippen molar-refractivity contribution in [2.24, 2.45) is 0 Å². The molecule has 0 aliphatic carbocycles. The maximum Gasteiger partial charge on any atom is 0.329 e. The van der Waals surface area contributed by atoms with Gasteiger partial charge in [-0.1, -0.05) is 0 Å². The van der Waals surface area contributed by atoms with Gasteiger partial charge in [-0.2, -0.15) is 0 Å². The Morgan fingerprint density at radius 3 is 2.31 bits per heavy atom. The summed E-state index contributed by atoms with van der Waals surface area (Å²) in [6, 6.07) is 0.416. The summed E-state index contributed by atoms with van der Waals surface area (Å²) >= 11 is 0. The molecule has 2 aliphatic heterocycles. The van der Waals surface area contributed by atoms with E-state index in [1.165, 1.54) is 32.4 Å². The summed E-state index contributed by atoms with van der Waals surface area (Å²) in [7, 11) is 3.94. The molecular formula is C18H16F2N4O4Zn. The van der Waals surface area contributed by atoms with E-state index in [4.69, 9.17) is 9.47 Å². The van der Waals surface area contributed by atoms with Gasteiger partial charge in [0.1, 0.15) is 11.5 Å². The minimum Gasteiger partial charge on any atom is -0.493 e. The molecule has 0 fully saturated rings. The van der Waals surface area contributed by atoms with Crippen LogP contribution in [0.2, 0.25) is 0 Å². The van der Waals surface area contributed by atoms with E-state index >= 15 is 0 Å². The van der Waals surface area contributed by atoms with Crippen LogP contribution in [0.5, 0.6) is 11.5 Å². The van der Waals surface area contributed by atoms with Crippen LogP contribution in [0.4, 0.5) is 30.8 Å². The Balaban J connectivity index is 0.00000240. The number of pyridine rings is 1. The van der Waals surface area contributed by atoms with E-state index in [0.717, 1.165) is 11.0 Å². The first-order valence-corrected chi connectivity index (χ1v) is 8.33. The minimum atomic E-state index is -1.02. The first-order chi connectivity index (χ1) is 13.4. The van der Waals surface area contributed by atoms with Crippen LogP contribution in [0.3, 0.4) is 0 Å². The molecule has 1 aromatic heterocycles. The summed E-state index contributed by atoms with van der Waals surface area (Å²) in [4.78, 5) is 31.1. The number of hydrogen-bond acceptors (Lipinski definition) is 5. The number of fused-ring (bicyclic) bond motifs is 3. The summed E-state index contributed by atoms with van der Waals surface area (Å²) < 4.78 is 39.7. The van der Waals surface area contributed by atoms with E-state index in [9.17, 15) is 18.4 Å². The quantitative estimate of drug-likeness (QED) is 0.719. The van der Waals surface area contributed by atoms with Crippen LogP contribution in [0.15, 0.2) is 12.3 Å². The molecule has 0 bridgehead atoms. The summed E-state index contributed by atoms with van der Waals surface area (Å²) in [5.41, 5.74) is 1.08. The van der Waals surface area contributed by atoms with Crippen molar-refractivity contribution in [2.75, 3.05) is 36.4 Å². The van der Waals surface area contributed by atoms with Gasteiger partial charge in [0.15, 0.2) is 23.1 Å². The number of halogens is 2. The maximum atomic E-state index is 14.9. The monoisotopic (exact) mass is 454 g/mol. The minimum absolute atomic E-state index is 0. The number of ether oxygens (including phenoxy) is 2. The number of aromatic nitrogens is 1. The third-order valence-electron chi connectivity index (χ3n) is 4.82. The van der Waals surface area contributed by atoms with Gasteiger partial charge in [-0.25, -0.2) is 18.6 Å². The zero-order valence-corrected chi connectivity index (χ0v) is 19.0. The SMILES string of the molecule is COc1cc(OC)c(F)c(N2Cc3cnc4c(c3N(C)C2=O)CC(=O)N4)c1F.[Zn]. The summed E-state index contributed by atoms with van der Waals surface area (Å²) in [6.07, 6.45) is 1.56. The molecular weight excluding hydrogens is 440 g/mol. The number of carbonyl (C=O) groups excluding carboxylic acids is 2. The van der Waals surface area contributed by atoms with E-state index < -0.39 is 23.4 Å². The second kappa shape index (κ2) is 7.55. The number of methoxy groups -OCH3 is 2. The van der Waals surface area contributed by atoms with E-state index in [1.807, 2.05) is 0 Å². The molecule has 2 aromatic rings. The molecule has 0 spiro atoms. The predicted molar refractivity (Wildman–Crippen MR) is 96.0 cm³/mol. The van der Waals surface area contributed by atoms with Crippen LogP contribution in [-0.4, -0.2) is 38.2 Å². The Morgan fingerprint density at radius 2 is 1.72 bits per heavy atom.